The van der Waals surface area contributed by atoms with Crippen molar-refractivity contribution in [1.82, 2.24) is 4.98 Å². The highest BCUT2D eigenvalue weighted by molar-refractivity contribution is 7.92. The fourth-order valence-corrected chi connectivity index (χ4v) is 2.32. The summed E-state index contributed by atoms with van der Waals surface area (Å²) in [6.07, 6.45) is 1.49. The Balaban J connectivity index is 2.32. The van der Waals surface area contributed by atoms with Gasteiger partial charge in [-0.3, -0.25) is 4.72 Å². The van der Waals surface area contributed by atoms with Crippen molar-refractivity contribution in [2.24, 2.45) is 0 Å². The molecule has 17 heavy (non-hydrogen) atoms. The highest BCUT2D eigenvalue weighted by atomic mass is 32.2. The lowest BCUT2D eigenvalue weighted by Crippen LogP contribution is -2.13. The van der Waals surface area contributed by atoms with Crippen LogP contribution in [0.5, 0.6) is 5.75 Å². The molecular formula is C11H10N2O3S. The highest BCUT2D eigenvalue weighted by Crippen LogP contribution is 2.18. The van der Waals surface area contributed by atoms with E-state index in [1.54, 1.807) is 18.2 Å². The van der Waals surface area contributed by atoms with Gasteiger partial charge in [0.05, 0.1) is 4.90 Å². The van der Waals surface area contributed by atoms with Crippen LogP contribution in [0.2, 0.25) is 0 Å². The molecule has 5 nitrogen and oxygen atoms in total. The van der Waals surface area contributed by atoms with Crippen molar-refractivity contribution in [3.05, 3.63) is 48.7 Å². The average molecular weight is 250 g/mol. The van der Waals surface area contributed by atoms with Gasteiger partial charge in [0, 0.05) is 12.3 Å². The van der Waals surface area contributed by atoms with Crippen LogP contribution >= 0.6 is 0 Å². The van der Waals surface area contributed by atoms with Gasteiger partial charge < -0.3 is 5.11 Å². The normalized spacial score (nSPS) is 11.1. The van der Waals surface area contributed by atoms with Crippen LogP contribution in [-0.4, -0.2) is 18.5 Å². The third-order valence-electron chi connectivity index (χ3n) is 2.03. The van der Waals surface area contributed by atoms with Crippen molar-refractivity contribution in [2.45, 2.75) is 4.90 Å². The Morgan fingerprint density at radius 1 is 1.12 bits per heavy atom. The Hall–Kier alpha value is -2.08. The topological polar surface area (TPSA) is 79.3 Å². The minimum atomic E-state index is -3.71. The Morgan fingerprint density at radius 2 is 1.94 bits per heavy atom. The van der Waals surface area contributed by atoms with Gasteiger partial charge in [0.1, 0.15) is 11.6 Å². The van der Waals surface area contributed by atoms with E-state index in [4.69, 9.17) is 0 Å². The molecule has 1 aromatic carbocycles. The van der Waals surface area contributed by atoms with E-state index < -0.39 is 10.0 Å². The Kier molecular flexibility index (Phi) is 2.97. The molecule has 0 aliphatic heterocycles. The maximum absolute atomic E-state index is 11.9. The van der Waals surface area contributed by atoms with Crippen LogP contribution < -0.4 is 4.72 Å². The van der Waals surface area contributed by atoms with Crippen molar-refractivity contribution in [2.75, 3.05) is 4.72 Å². The Morgan fingerprint density at radius 3 is 2.59 bits per heavy atom. The van der Waals surface area contributed by atoms with Gasteiger partial charge in [-0.1, -0.05) is 12.1 Å². The lowest BCUT2D eigenvalue weighted by Gasteiger charge is -2.06. The molecule has 0 aliphatic carbocycles. The van der Waals surface area contributed by atoms with E-state index >= 15 is 0 Å². The molecule has 2 N–H and O–H groups in total. The molecule has 0 saturated heterocycles. The fourth-order valence-electron chi connectivity index (χ4n) is 1.27. The largest absolute Gasteiger partial charge is 0.508 e. The summed E-state index contributed by atoms with van der Waals surface area (Å²) in [5, 5.41) is 9.23. The molecule has 2 aromatic rings. The standard InChI is InChI=1S/C11H10N2O3S/c14-9-4-3-5-10(8-9)17(15,16)13-11-6-1-2-7-12-11/h1-8,14H,(H,12,13). The van der Waals surface area contributed by atoms with Crippen molar-refractivity contribution >= 4 is 15.8 Å². The van der Waals surface area contributed by atoms with Gasteiger partial charge >= 0.3 is 0 Å². The zero-order valence-corrected chi connectivity index (χ0v) is 9.55. The first-order chi connectivity index (χ1) is 8.08. The van der Waals surface area contributed by atoms with Crippen molar-refractivity contribution < 1.29 is 13.5 Å². The average Bonchev–Trinajstić information content (AvgIpc) is 2.30. The van der Waals surface area contributed by atoms with E-state index in [1.807, 2.05) is 0 Å². The predicted molar refractivity (Wildman–Crippen MR) is 63.2 cm³/mol. The molecule has 0 aliphatic rings. The molecule has 0 atom stereocenters. The molecule has 0 spiro atoms. The molecule has 0 bridgehead atoms. The number of nitrogens with one attached hydrogen (secondary N) is 1. The van der Waals surface area contributed by atoms with Crippen LogP contribution in [0, 0.1) is 0 Å². The highest BCUT2D eigenvalue weighted by Gasteiger charge is 2.14. The number of hydrogen-bond donors (Lipinski definition) is 2. The summed E-state index contributed by atoms with van der Waals surface area (Å²) in [5.41, 5.74) is 0. The summed E-state index contributed by atoms with van der Waals surface area (Å²) in [5.74, 6) is 0.129. The van der Waals surface area contributed by atoms with Gasteiger partial charge in [-0.2, -0.15) is 0 Å². The number of phenolic OH excluding ortho intramolecular Hbond substituents is 1. The molecule has 0 radical (unpaired) electrons. The van der Waals surface area contributed by atoms with Crippen LogP contribution in [-0.2, 0) is 10.0 Å². The van der Waals surface area contributed by atoms with Gasteiger partial charge in [0.15, 0.2) is 0 Å². The molecule has 1 aromatic heterocycles. The van der Waals surface area contributed by atoms with Crippen LogP contribution in [0.4, 0.5) is 5.82 Å². The van der Waals surface area contributed by atoms with Crippen molar-refractivity contribution in [1.29, 1.82) is 0 Å². The van der Waals surface area contributed by atoms with E-state index in [2.05, 4.69) is 9.71 Å². The zero-order chi connectivity index (χ0) is 12.3. The minimum Gasteiger partial charge on any atom is -0.508 e. The number of rotatable bonds is 3. The number of nitrogens with zero attached hydrogens (tertiary/aromatic N) is 1. The number of anilines is 1. The third kappa shape index (κ3) is 2.73. The first-order valence-electron chi connectivity index (χ1n) is 4.81. The van der Waals surface area contributed by atoms with E-state index in [0.717, 1.165) is 0 Å². The summed E-state index contributed by atoms with van der Waals surface area (Å²) in [7, 11) is -3.71. The van der Waals surface area contributed by atoms with Crippen molar-refractivity contribution in [3.63, 3.8) is 0 Å². The molecule has 88 valence electrons. The smallest absolute Gasteiger partial charge is 0.263 e. The monoisotopic (exact) mass is 250 g/mol. The molecular weight excluding hydrogens is 240 g/mol. The molecule has 0 unspecified atom stereocenters. The zero-order valence-electron chi connectivity index (χ0n) is 8.74. The van der Waals surface area contributed by atoms with E-state index in [9.17, 15) is 13.5 Å². The first-order valence-corrected chi connectivity index (χ1v) is 6.29. The second kappa shape index (κ2) is 4.42. The van der Waals surface area contributed by atoms with Gasteiger partial charge in [-0.15, -0.1) is 0 Å². The van der Waals surface area contributed by atoms with Crippen molar-refractivity contribution in [3.8, 4) is 5.75 Å². The Labute approximate surface area is 98.8 Å². The number of benzene rings is 1. The second-order valence-corrected chi connectivity index (χ2v) is 5.00. The van der Waals surface area contributed by atoms with Gasteiger partial charge in [-0.05, 0) is 24.3 Å². The molecule has 0 saturated carbocycles. The summed E-state index contributed by atoms with van der Waals surface area (Å²) < 4.78 is 26.1. The van der Waals surface area contributed by atoms with Crippen LogP contribution in [0.1, 0.15) is 0 Å². The van der Waals surface area contributed by atoms with E-state index in [1.165, 1.54) is 30.5 Å². The fraction of sp³-hybridized carbons (Fsp3) is 0. The molecule has 1 heterocycles. The van der Waals surface area contributed by atoms with Gasteiger partial charge in [0.2, 0.25) is 0 Å². The number of aromatic nitrogens is 1. The van der Waals surface area contributed by atoms with Gasteiger partial charge in [-0.25, -0.2) is 13.4 Å². The molecule has 0 amide bonds. The molecule has 2 rings (SSSR count). The van der Waals surface area contributed by atoms with E-state index in [-0.39, 0.29) is 16.5 Å². The number of sulfonamides is 1. The lowest BCUT2D eigenvalue weighted by molar-refractivity contribution is 0.473. The third-order valence-corrected chi connectivity index (χ3v) is 3.38. The van der Waals surface area contributed by atoms with Crippen LogP contribution in [0.3, 0.4) is 0 Å². The second-order valence-electron chi connectivity index (χ2n) is 3.32. The molecule has 0 fully saturated rings. The van der Waals surface area contributed by atoms with Gasteiger partial charge in [0.25, 0.3) is 10.0 Å². The summed E-state index contributed by atoms with van der Waals surface area (Å²) >= 11 is 0. The summed E-state index contributed by atoms with van der Waals surface area (Å²) in [6.45, 7) is 0. The maximum Gasteiger partial charge on any atom is 0.263 e. The van der Waals surface area contributed by atoms with E-state index in [0.29, 0.717) is 0 Å². The summed E-state index contributed by atoms with van der Waals surface area (Å²) in [6, 6.07) is 10.3. The maximum atomic E-state index is 11.9. The lowest BCUT2D eigenvalue weighted by atomic mass is 10.3. The number of pyridine rings is 1. The van der Waals surface area contributed by atoms with Crippen LogP contribution in [0.15, 0.2) is 53.6 Å². The number of hydrogen-bond acceptors (Lipinski definition) is 4. The minimum absolute atomic E-state index is 0.0110. The first kappa shape index (κ1) is 11.4. The summed E-state index contributed by atoms with van der Waals surface area (Å²) in [4.78, 5) is 3.85. The number of phenols is 1. The predicted octanol–water partition coefficient (Wildman–Crippen LogP) is 1.59. The molecule has 6 heteroatoms. The quantitative estimate of drug-likeness (QED) is 0.867. The SMILES string of the molecule is O=S(=O)(Nc1ccccn1)c1cccc(O)c1. The Bertz CT molecular complexity index is 612. The number of aromatic hydroxyl groups is 1. The van der Waals surface area contributed by atoms with Crippen LogP contribution in [0.25, 0.3) is 0 Å².